The van der Waals surface area contributed by atoms with E-state index in [-0.39, 0.29) is 0 Å². The van der Waals surface area contributed by atoms with Crippen molar-refractivity contribution in [2.45, 2.75) is 27.7 Å². The number of rotatable bonds is 4. The topological polar surface area (TPSA) is 9.49 Å². The summed E-state index contributed by atoms with van der Waals surface area (Å²) >= 11 is 0. The fourth-order valence-electron chi connectivity index (χ4n) is 2.15. The highest BCUT2D eigenvalue weighted by molar-refractivity contribution is 5.76. The van der Waals surface area contributed by atoms with Crippen LogP contribution in [0.25, 0.3) is 0 Å². The van der Waals surface area contributed by atoms with Crippen molar-refractivity contribution < 1.29 is 4.58 Å². The van der Waals surface area contributed by atoms with Gasteiger partial charge in [0, 0.05) is 0 Å². The third kappa shape index (κ3) is 2.02. The van der Waals surface area contributed by atoms with Crippen molar-refractivity contribution in [1.82, 2.24) is 9.80 Å². The summed E-state index contributed by atoms with van der Waals surface area (Å²) in [6.07, 6.45) is 0. The van der Waals surface area contributed by atoms with Gasteiger partial charge in [-0.3, -0.25) is 14.4 Å². The number of hydrogen-bond donors (Lipinski definition) is 0. The molecule has 0 bridgehead atoms. The zero-order chi connectivity index (χ0) is 10.6. The molecule has 82 valence electrons. The Bertz CT molecular complexity index is 207. The Kier molecular flexibility index (Phi) is 4.23. The second kappa shape index (κ2) is 5.23. The zero-order valence-corrected chi connectivity index (χ0v) is 10.1. The van der Waals surface area contributed by atoms with Gasteiger partial charge in [-0.1, -0.05) is 0 Å². The van der Waals surface area contributed by atoms with Gasteiger partial charge in [-0.15, -0.1) is 0 Å². The maximum absolute atomic E-state index is 2.48. The van der Waals surface area contributed by atoms with Gasteiger partial charge in [0.15, 0.2) is 0 Å². The fraction of sp³-hybridized carbons (Fsp3) is 0.909. The predicted molar refractivity (Wildman–Crippen MR) is 60.8 cm³/mol. The van der Waals surface area contributed by atoms with Crippen molar-refractivity contribution in [2.24, 2.45) is 0 Å². The van der Waals surface area contributed by atoms with Crippen LogP contribution in [0.3, 0.4) is 0 Å². The molecule has 1 heterocycles. The molecule has 1 aliphatic heterocycles. The summed E-state index contributed by atoms with van der Waals surface area (Å²) in [6.45, 7) is 15.8. The highest BCUT2D eigenvalue weighted by Crippen LogP contribution is 2.05. The molecule has 0 fully saturated rings. The van der Waals surface area contributed by atoms with Crippen molar-refractivity contribution in [3.8, 4) is 0 Å². The van der Waals surface area contributed by atoms with E-state index in [9.17, 15) is 0 Å². The lowest BCUT2D eigenvalue weighted by molar-refractivity contribution is -0.519. The van der Waals surface area contributed by atoms with Gasteiger partial charge in [0.2, 0.25) is 0 Å². The molecule has 0 aromatic heterocycles. The molecular weight excluding hydrogens is 174 g/mol. The third-order valence-electron chi connectivity index (χ3n) is 3.02. The molecule has 0 N–H and O–H groups in total. The maximum Gasteiger partial charge on any atom is 0.350 e. The number of guanidine groups is 1. The van der Waals surface area contributed by atoms with Crippen LogP contribution in [-0.4, -0.2) is 59.6 Å². The second-order valence-electron chi connectivity index (χ2n) is 3.63. The summed E-state index contributed by atoms with van der Waals surface area (Å²) in [5.41, 5.74) is 0. The van der Waals surface area contributed by atoms with Crippen LogP contribution in [0.1, 0.15) is 27.7 Å². The Morgan fingerprint density at radius 3 is 2.29 bits per heavy atom. The van der Waals surface area contributed by atoms with Gasteiger partial charge in [-0.2, -0.15) is 0 Å². The first-order chi connectivity index (χ1) is 6.78. The minimum Gasteiger partial charge on any atom is -0.265 e. The Hall–Kier alpha value is -0.730. The molecule has 0 saturated heterocycles. The first-order valence-corrected chi connectivity index (χ1v) is 5.90. The summed E-state index contributed by atoms with van der Waals surface area (Å²) in [5.74, 6) is 1.44. The minimum absolute atomic E-state index is 1.11. The second-order valence-corrected chi connectivity index (χ2v) is 3.63. The lowest BCUT2D eigenvalue weighted by atomic mass is 10.5. The molecule has 1 aliphatic rings. The standard InChI is InChI=1S/C11H24N3/c1-5-12(6-2)11-13(7-3)9-10-14(11)8-4/h5-10H2,1-4H3/q+1. The van der Waals surface area contributed by atoms with E-state index in [4.69, 9.17) is 0 Å². The normalized spacial score (nSPS) is 16.7. The van der Waals surface area contributed by atoms with Gasteiger partial charge in [-0.05, 0) is 27.7 Å². The van der Waals surface area contributed by atoms with E-state index < -0.39 is 0 Å². The summed E-state index contributed by atoms with van der Waals surface area (Å²) < 4.78 is 2.48. The van der Waals surface area contributed by atoms with Crippen LogP contribution in [0, 0.1) is 0 Å². The molecule has 0 aromatic rings. The SMILES string of the molecule is CCN(CC)C1=[N+](CC)CCN1CC. The summed E-state index contributed by atoms with van der Waals surface area (Å²) in [4.78, 5) is 4.94. The summed E-state index contributed by atoms with van der Waals surface area (Å²) in [6, 6.07) is 0. The highest BCUT2D eigenvalue weighted by Gasteiger charge is 2.31. The quantitative estimate of drug-likeness (QED) is 0.625. The number of likely N-dealkylation sites (N-methyl/N-ethyl adjacent to an activating group) is 2. The van der Waals surface area contributed by atoms with E-state index in [1.165, 1.54) is 19.0 Å². The Morgan fingerprint density at radius 1 is 1.21 bits per heavy atom. The lowest BCUT2D eigenvalue weighted by Gasteiger charge is -2.21. The third-order valence-corrected chi connectivity index (χ3v) is 3.02. The van der Waals surface area contributed by atoms with E-state index in [1.807, 2.05) is 0 Å². The monoisotopic (exact) mass is 198 g/mol. The molecule has 3 nitrogen and oxygen atoms in total. The molecule has 0 aromatic carbocycles. The molecule has 0 saturated carbocycles. The zero-order valence-electron chi connectivity index (χ0n) is 10.1. The Labute approximate surface area is 88.0 Å². The van der Waals surface area contributed by atoms with E-state index in [0.717, 1.165) is 26.2 Å². The van der Waals surface area contributed by atoms with Crippen molar-refractivity contribution in [2.75, 3.05) is 39.3 Å². The van der Waals surface area contributed by atoms with Crippen LogP contribution in [-0.2, 0) is 0 Å². The first-order valence-electron chi connectivity index (χ1n) is 5.90. The van der Waals surface area contributed by atoms with Crippen LogP contribution >= 0.6 is 0 Å². The van der Waals surface area contributed by atoms with E-state index in [0.29, 0.717) is 0 Å². The molecule has 0 aliphatic carbocycles. The molecule has 0 atom stereocenters. The van der Waals surface area contributed by atoms with E-state index >= 15 is 0 Å². The first kappa shape index (κ1) is 11.3. The molecule has 3 heteroatoms. The van der Waals surface area contributed by atoms with Crippen LogP contribution in [0.15, 0.2) is 0 Å². The summed E-state index contributed by atoms with van der Waals surface area (Å²) in [5, 5.41) is 0. The average Bonchev–Trinajstić information content (AvgIpc) is 2.63. The minimum atomic E-state index is 1.11. The van der Waals surface area contributed by atoms with Crippen molar-refractivity contribution in [3.05, 3.63) is 0 Å². The lowest BCUT2D eigenvalue weighted by Crippen LogP contribution is -2.44. The molecule has 0 amide bonds. The van der Waals surface area contributed by atoms with Crippen molar-refractivity contribution in [3.63, 3.8) is 0 Å². The van der Waals surface area contributed by atoms with Gasteiger partial charge in [0.1, 0.15) is 0 Å². The van der Waals surface area contributed by atoms with E-state index in [1.54, 1.807) is 0 Å². The van der Waals surface area contributed by atoms with Crippen LogP contribution in [0.5, 0.6) is 0 Å². The van der Waals surface area contributed by atoms with Crippen molar-refractivity contribution >= 4 is 5.96 Å². The Morgan fingerprint density at radius 2 is 1.86 bits per heavy atom. The molecule has 0 radical (unpaired) electrons. The van der Waals surface area contributed by atoms with Gasteiger partial charge in [-0.25, -0.2) is 0 Å². The van der Waals surface area contributed by atoms with Gasteiger partial charge < -0.3 is 0 Å². The molecule has 0 spiro atoms. The maximum atomic E-state index is 2.48. The van der Waals surface area contributed by atoms with Crippen LogP contribution in [0.4, 0.5) is 0 Å². The Balaban J connectivity index is 2.85. The average molecular weight is 198 g/mol. The van der Waals surface area contributed by atoms with Gasteiger partial charge >= 0.3 is 5.96 Å². The van der Waals surface area contributed by atoms with Crippen molar-refractivity contribution in [1.29, 1.82) is 0 Å². The van der Waals surface area contributed by atoms with E-state index in [2.05, 4.69) is 42.1 Å². The highest BCUT2D eigenvalue weighted by atomic mass is 15.4. The van der Waals surface area contributed by atoms with Crippen LogP contribution in [0.2, 0.25) is 0 Å². The largest absolute Gasteiger partial charge is 0.350 e. The molecule has 1 rings (SSSR count). The molecule has 0 unspecified atom stereocenters. The van der Waals surface area contributed by atoms with Gasteiger partial charge in [0.05, 0.1) is 39.3 Å². The van der Waals surface area contributed by atoms with Gasteiger partial charge in [0.25, 0.3) is 0 Å². The summed E-state index contributed by atoms with van der Waals surface area (Å²) in [7, 11) is 0. The predicted octanol–water partition coefficient (Wildman–Crippen LogP) is 1.05. The van der Waals surface area contributed by atoms with Crippen LogP contribution < -0.4 is 0 Å². The fourth-order valence-corrected chi connectivity index (χ4v) is 2.15. The number of nitrogens with zero attached hydrogens (tertiary/aromatic N) is 3. The number of hydrogen-bond acceptors (Lipinski definition) is 2. The molecular formula is C11H24N3+. The molecule has 14 heavy (non-hydrogen) atoms. The smallest absolute Gasteiger partial charge is 0.265 e.